The van der Waals surface area contributed by atoms with E-state index in [2.05, 4.69) is 30.1 Å². The van der Waals surface area contributed by atoms with Crippen LogP contribution in [0.25, 0.3) is 0 Å². The van der Waals surface area contributed by atoms with Gasteiger partial charge in [-0.1, -0.05) is 23.8 Å². The monoisotopic (exact) mass is 207 g/mol. The molecule has 1 radical (unpaired) electrons. The van der Waals surface area contributed by atoms with Gasteiger partial charge in [-0.15, -0.1) is 6.42 Å². The molecule has 1 heterocycles. The number of para-hydroxylation sites is 1. The van der Waals surface area contributed by atoms with Crippen LogP contribution in [0.3, 0.4) is 0 Å². The van der Waals surface area contributed by atoms with Crippen LogP contribution in [0, 0.1) is 6.54 Å². The van der Waals surface area contributed by atoms with Crippen molar-refractivity contribution in [3.05, 3.63) is 36.4 Å². The zero-order valence-corrected chi connectivity index (χ0v) is 8.51. The van der Waals surface area contributed by atoms with Gasteiger partial charge in [-0.3, -0.25) is 0 Å². The summed E-state index contributed by atoms with van der Waals surface area (Å²) in [5.74, 6) is 0. The molecule has 0 bridgehead atoms. The van der Waals surface area contributed by atoms with Crippen LogP contribution in [0.2, 0.25) is 0 Å². The van der Waals surface area contributed by atoms with Crippen LogP contribution >= 0.6 is 0 Å². The van der Waals surface area contributed by atoms with Crippen LogP contribution in [0.15, 0.2) is 24.3 Å². The van der Waals surface area contributed by atoms with E-state index in [1.165, 1.54) is 11.3 Å². The Morgan fingerprint density at radius 3 is 2.90 bits per heavy atom. The SMILES string of the molecule is [Y].c1ccc2c(c1)C[CH-]N2. The normalized spacial score (nSPS) is 13.2. The van der Waals surface area contributed by atoms with Crippen molar-refractivity contribution in [2.75, 3.05) is 5.32 Å². The maximum atomic E-state index is 3.18. The summed E-state index contributed by atoms with van der Waals surface area (Å²) in [5.41, 5.74) is 2.66. The molecular weight excluding hydrogens is 199 g/mol. The number of rotatable bonds is 0. The number of hydrogen-bond acceptors (Lipinski definition) is 1. The molecule has 0 unspecified atom stereocenters. The van der Waals surface area contributed by atoms with E-state index < -0.39 is 0 Å². The van der Waals surface area contributed by atoms with Gasteiger partial charge in [0.15, 0.2) is 0 Å². The first kappa shape index (κ1) is 8.22. The molecule has 2 heteroatoms. The summed E-state index contributed by atoms with van der Waals surface area (Å²) in [4.78, 5) is 0. The Kier molecular flexibility index (Phi) is 2.87. The summed E-state index contributed by atoms with van der Waals surface area (Å²) < 4.78 is 0. The van der Waals surface area contributed by atoms with E-state index >= 15 is 0 Å². The van der Waals surface area contributed by atoms with Gasteiger partial charge in [-0.05, 0) is 6.07 Å². The number of nitrogens with one attached hydrogen (secondary N) is 1. The fourth-order valence-electron chi connectivity index (χ4n) is 1.11. The standard InChI is InChI=1S/C8H8N.Y/c1-2-4-8-7(3-1)5-6-9-8;/h1-4,6,9H,5H2;/q-1;. The molecule has 0 spiro atoms. The van der Waals surface area contributed by atoms with Gasteiger partial charge in [0.25, 0.3) is 0 Å². The number of benzene rings is 1. The Balaban J connectivity index is 0.000000500. The summed E-state index contributed by atoms with van der Waals surface area (Å²) in [6.07, 6.45) is 1.07. The second-order valence-corrected chi connectivity index (χ2v) is 2.21. The Morgan fingerprint density at radius 1 is 1.30 bits per heavy atom. The van der Waals surface area contributed by atoms with Crippen molar-refractivity contribution < 1.29 is 32.7 Å². The van der Waals surface area contributed by atoms with Gasteiger partial charge in [0, 0.05) is 38.4 Å². The molecule has 1 N–H and O–H groups in total. The molecule has 1 aliphatic rings. The van der Waals surface area contributed by atoms with E-state index in [-0.39, 0.29) is 32.7 Å². The summed E-state index contributed by atoms with van der Waals surface area (Å²) >= 11 is 0. The largest absolute Gasteiger partial charge is 0.535 e. The third kappa shape index (κ3) is 1.41. The first-order chi connectivity index (χ1) is 4.47. The summed E-state index contributed by atoms with van der Waals surface area (Å²) in [6, 6.07) is 8.36. The fraction of sp³-hybridized carbons (Fsp3) is 0.125. The van der Waals surface area contributed by atoms with E-state index in [0.717, 1.165) is 6.42 Å². The topological polar surface area (TPSA) is 12.0 Å². The van der Waals surface area contributed by atoms with E-state index in [4.69, 9.17) is 0 Å². The zero-order valence-electron chi connectivity index (χ0n) is 5.67. The van der Waals surface area contributed by atoms with E-state index in [1.807, 2.05) is 6.07 Å². The van der Waals surface area contributed by atoms with Crippen molar-refractivity contribution in [1.29, 1.82) is 0 Å². The second kappa shape index (κ2) is 3.50. The molecule has 0 atom stereocenters. The fourth-order valence-corrected chi connectivity index (χ4v) is 1.11. The predicted octanol–water partition coefficient (Wildman–Crippen LogP) is 1.81. The number of hydrogen-bond donors (Lipinski definition) is 1. The van der Waals surface area contributed by atoms with Gasteiger partial charge in [0.05, 0.1) is 0 Å². The van der Waals surface area contributed by atoms with E-state index in [9.17, 15) is 0 Å². The Labute approximate surface area is 86.1 Å². The Morgan fingerprint density at radius 2 is 2.10 bits per heavy atom. The molecule has 49 valence electrons. The van der Waals surface area contributed by atoms with Gasteiger partial charge in [-0.2, -0.15) is 0 Å². The molecule has 1 aromatic carbocycles. The van der Waals surface area contributed by atoms with Gasteiger partial charge in [-0.25, -0.2) is 6.54 Å². The third-order valence-electron chi connectivity index (χ3n) is 1.60. The Hall–Kier alpha value is 0.124. The quantitative estimate of drug-likeness (QED) is 0.639. The molecule has 0 aliphatic carbocycles. The minimum Gasteiger partial charge on any atom is -0.535 e. The van der Waals surface area contributed by atoms with Crippen LogP contribution in [0.5, 0.6) is 0 Å². The molecule has 1 aliphatic heterocycles. The van der Waals surface area contributed by atoms with Crippen LogP contribution in [0.1, 0.15) is 5.56 Å². The van der Waals surface area contributed by atoms with Crippen molar-refractivity contribution in [3.8, 4) is 0 Å². The van der Waals surface area contributed by atoms with Crippen LogP contribution < -0.4 is 5.32 Å². The second-order valence-electron chi connectivity index (χ2n) is 2.21. The molecule has 0 saturated carbocycles. The van der Waals surface area contributed by atoms with Gasteiger partial charge in [0.1, 0.15) is 0 Å². The van der Waals surface area contributed by atoms with Crippen molar-refractivity contribution in [1.82, 2.24) is 0 Å². The summed E-state index contributed by atoms with van der Waals surface area (Å²) in [6.45, 7) is 2.07. The van der Waals surface area contributed by atoms with Crippen molar-refractivity contribution >= 4 is 5.69 Å². The van der Waals surface area contributed by atoms with Gasteiger partial charge in [0.2, 0.25) is 0 Å². The molecule has 0 aromatic heterocycles. The predicted molar refractivity (Wildman–Crippen MR) is 38.1 cm³/mol. The van der Waals surface area contributed by atoms with Crippen LogP contribution in [-0.4, -0.2) is 0 Å². The van der Waals surface area contributed by atoms with Gasteiger partial charge < -0.3 is 5.32 Å². The summed E-state index contributed by atoms with van der Waals surface area (Å²) in [7, 11) is 0. The minimum atomic E-state index is 0. The smallest absolute Gasteiger partial charge is 0.00533 e. The van der Waals surface area contributed by atoms with Crippen molar-refractivity contribution in [3.63, 3.8) is 0 Å². The number of fused-ring (bicyclic) bond motifs is 1. The molecule has 0 fully saturated rings. The van der Waals surface area contributed by atoms with Crippen LogP contribution in [0.4, 0.5) is 5.69 Å². The van der Waals surface area contributed by atoms with Crippen LogP contribution in [-0.2, 0) is 39.1 Å². The maximum Gasteiger partial charge on any atom is 0.00533 e. The zero-order chi connectivity index (χ0) is 6.10. The average Bonchev–Trinajstić information content (AvgIpc) is 2.33. The van der Waals surface area contributed by atoms with Crippen molar-refractivity contribution in [2.45, 2.75) is 6.42 Å². The number of anilines is 1. The molecule has 2 rings (SSSR count). The molecule has 1 nitrogen and oxygen atoms in total. The Bertz CT molecular complexity index is 199. The first-order valence-electron chi connectivity index (χ1n) is 3.13. The third-order valence-corrected chi connectivity index (χ3v) is 1.60. The molecule has 1 aromatic rings. The van der Waals surface area contributed by atoms with Crippen molar-refractivity contribution in [2.24, 2.45) is 0 Å². The average molecular weight is 207 g/mol. The van der Waals surface area contributed by atoms with E-state index in [1.54, 1.807) is 0 Å². The summed E-state index contributed by atoms with van der Waals surface area (Å²) in [5, 5.41) is 3.18. The molecule has 10 heavy (non-hydrogen) atoms. The molecular formula is C8H8NY-. The maximum absolute atomic E-state index is 3.18. The molecule has 0 amide bonds. The van der Waals surface area contributed by atoms with E-state index in [0.29, 0.717) is 0 Å². The first-order valence-corrected chi connectivity index (χ1v) is 3.13. The van der Waals surface area contributed by atoms with Gasteiger partial charge >= 0.3 is 0 Å². The molecule has 0 saturated heterocycles. The minimum absolute atomic E-state index is 0.